The van der Waals surface area contributed by atoms with Gasteiger partial charge in [-0.1, -0.05) is 6.42 Å². The molecule has 0 unspecified atom stereocenters. The zero-order valence-corrected chi connectivity index (χ0v) is 10.9. The number of carbonyl (C=O) groups is 2. The van der Waals surface area contributed by atoms with E-state index in [4.69, 9.17) is 9.47 Å². The second kappa shape index (κ2) is 5.38. The Morgan fingerprint density at radius 3 is 2.24 bits per heavy atom. The summed E-state index contributed by atoms with van der Waals surface area (Å²) in [5, 5.41) is 2.59. The molecule has 0 aromatic carbocycles. The van der Waals surface area contributed by atoms with Gasteiger partial charge in [0.05, 0.1) is 7.11 Å². The fourth-order valence-corrected chi connectivity index (χ4v) is 1.70. The highest BCUT2D eigenvalue weighted by Crippen LogP contribution is 2.30. The molecule has 5 nitrogen and oxygen atoms in total. The number of methoxy groups -OCH3 is 1. The summed E-state index contributed by atoms with van der Waals surface area (Å²) in [6.07, 6.45) is 2.40. The molecule has 1 N–H and O–H groups in total. The van der Waals surface area contributed by atoms with Crippen LogP contribution in [0, 0.1) is 5.92 Å². The van der Waals surface area contributed by atoms with Crippen LogP contribution in [0.4, 0.5) is 4.79 Å². The minimum absolute atomic E-state index is 0.176. The number of carbonyl (C=O) groups excluding carboxylic acids is 2. The van der Waals surface area contributed by atoms with Gasteiger partial charge in [0.15, 0.2) is 0 Å². The fourth-order valence-electron chi connectivity index (χ4n) is 1.70. The summed E-state index contributed by atoms with van der Waals surface area (Å²) >= 11 is 0. The second-order valence-electron chi connectivity index (χ2n) is 5.34. The van der Waals surface area contributed by atoms with Crippen molar-refractivity contribution in [2.75, 3.05) is 7.11 Å². The van der Waals surface area contributed by atoms with Gasteiger partial charge in [-0.05, 0) is 39.5 Å². The van der Waals surface area contributed by atoms with E-state index in [1.807, 2.05) is 0 Å². The monoisotopic (exact) mass is 243 g/mol. The van der Waals surface area contributed by atoms with Crippen LogP contribution in [-0.2, 0) is 14.3 Å². The van der Waals surface area contributed by atoms with E-state index < -0.39 is 23.7 Å². The van der Waals surface area contributed by atoms with Gasteiger partial charge in [0.1, 0.15) is 11.6 Å². The summed E-state index contributed by atoms with van der Waals surface area (Å²) in [5.74, 6) is -0.226. The van der Waals surface area contributed by atoms with Gasteiger partial charge in [0.2, 0.25) is 0 Å². The second-order valence-corrected chi connectivity index (χ2v) is 5.34. The highest BCUT2D eigenvalue weighted by molar-refractivity contribution is 5.81. The van der Waals surface area contributed by atoms with Gasteiger partial charge in [-0.3, -0.25) is 0 Å². The molecular weight excluding hydrogens is 222 g/mol. The molecule has 0 aromatic rings. The Morgan fingerprint density at radius 2 is 1.88 bits per heavy atom. The summed E-state index contributed by atoms with van der Waals surface area (Å²) in [7, 11) is 1.32. The quantitative estimate of drug-likeness (QED) is 0.768. The first-order chi connectivity index (χ1) is 7.83. The molecule has 98 valence electrons. The number of amides is 1. The Morgan fingerprint density at radius 1 is 1.29 bits per heavy atom. The molecule has 0 radical (unpaired) electrons. The maximum Gasteiger partial charge on any atom is 0.408 e. The van der Waals surface area contributed by atoms with Crippen LogP contribution in [0.3, 0.4) is 0 Å². The lowest BCUT2D eigenvalue weighted by Crippen LogP contribution is -2.49. The standard InChI is InChI=1S/C12H21NO4/c1-12(2,3)17-11(15)13-9(10(14)16-4)8-6-5-7-8/h8-9H,5-7H2,1-4H3,(H,13,15)/t9-/m0/s1. The van der Waals surface area contributed by atoms with Crippen molar-refractivity contribution in [1.82, 2.24) is 5.32 Å². The molecule has 1 fully saturated rings. The molecule has 0 aliphatic heterocycles. The van der Waals surface area contributed by atoms with Crippen LogP contribution in [-0.4, -0.2) is 30.8 Å². The van der Waals surface area contributed by atoms with E-state index in [9.17, 15) is 9.59 Å². The van der Waals surface area contributed by atoms with Gasteiger partial charge in [-0.2, -0.15) is 0 Å². The zero-order chi connectivity index (χ0) is 13.1. The van der Waals surface area contributed by atoms with Gasteiger partial charge < -0.3 is 14.8 Å². The van der Waals surface area contributed by atoms with Crippen LogP contribution in [0.5, 0.6) is 0 Å². The number of alkyl carbamates (subject to hydrolysis) is 1. The van der Waals surface area contributed by atoms with E-state index in [1.165, 1.54) is 7.11 Å². The van der Waals surface area contributed by atoms with Crippen molar-refractivity contribution < 1.29 is 19.1 Å². The normalized spacial score (nSPS) is 17.9. The van der Waals surface area contributed by atoms with Crippen LogP contribution in [0.1, 0.15) is 40.0 Å². The van der Waals surface area contributed by atoms with E-state index >= 15 is 0 Å². The van der Waals surface area contributed by atoms with Crippen LogP contribution >= 0.6 is 0 Å². The van der Waals surface area contributed by atoms with E-state index in [1.54, 1.807) is 20.8 Å². The van der Waals surface area contributed by atoms with Crippen molar-refractivity contribution >= 4 is 12.1 Å². The maximum absolute atomic E-state index is 11.6. The number of hydrogen-bond acceptors (Lipinski definition) is 4. The highest BCUT2D eigenvalue weighted by Gasteiger charge is 2.35. The first-order valence-corrected chi connectivity index (χ1v) is 5.91. The Hall–Kier alpha value is -1.26. The summed E-state index contributed by atoms with van der Waals surface area (Å²) in [6.45, 7) is 5.34. The SMILES string of the molecule is COC(=O)[C@@H](NC(=O)OC(C)(C)C)C1CCC1. The lowest BCUT2D eigenvalue weighted by molar-refractivity contribution is -0.145. The number of ether oxygens (including phenoxy) is 2. The molecule has 0 bridgehead atoms. The molecule has 1 rings (SSSR count). The van der Waals surface area contributed by atoms with Crippen LogP contribution < -0.4 is 5.32 Å². The number of nitrogens with one attached hydrogen (secondary N) is 1. The van der Waals surface area contributed by atoms with Gasteiger partial charge in [-0.15, -0.1) is 0 Å². The van der Waals surface area contributed by atoms with E-state index in [2.05, 4.69) is 5.32 Å². The largest absolute Gasteiger partial charge is 0.467 e. The molecule has 1 aliphatic rings. The maximum atomic E-state index is 11.6. The minimum Gasteiger partial charge on any atom is -0.467 e. The van der Waals surface area contributed by atoms with Gasteiger partial charge >= 0.3 is 12.1 Å². The lowest BCUT2D eigenvalue weighted by atomic mass is 9.80. The topological polar surface area (TPSA) is 64.6 Å². The molecule has 5 heteroatoms. The molecule has 0 saturated heterocycles. The summed E-state index contributed by atoms with van der Waals surface area (Å²) in [4.78, 5) is 23.1. The lowest BCUT2D eigenvalue weighted by Gasteiger charge is -2.32. The average Bonchev–Trinajstić information content (AvgIpc) is 2.09. The summed E-state index contributed by atoms with van der Waals surface area (Å²) < 4.78 is 9.81. The van der Waals surface area contributed by atoms with E-state index in [0.29, 0.717) is 0 Å². The Labute approximate surface area is 102 Å². The average molecular weight is 243 g/mol. The first-order valence-electron chi connectivity index (χ1n) is 5.91. The third kappa shape index (κ3) is 4.24. The molecule has 1 amide bonds. The van der Waals surface area contributed by atoms with Crippen LogP contribution in [0.25, 0.3) is 0 Å². The smallest absolute Gasteiger partial charge is 0.408 e. The number of rotatable bonds is 3. The molecule has 17 heavy (non-hydrogen) atoms. The van der Waals surface area contributed by atoms with E-state index in [-0.39, 0.29) is 5.92 Å². The highest BCUT2D eigenvalue weighted by atomic mass is 16.6. The van der Waals surface area contributed by atoms with Crippen molar-refractivity contribution in [3.8, 4) is 0 Å². The van der Waals surface area contributed by atoms with Gasteiger partial charge in [0.25, 0.3) is 0 Å². The first kappa shape index (κ1) is 13.8. The van der Waals surface area contributed by atoms with Gasteiger partial charge in [-0.25, -0.2) is 9.59 Å². The number of esters is 1. The molecule has 0 spiro atoms. The van der Waals surface area contributed by atoms with E-state index in [0.717, 1.165) is 19.3 Å². The van der Waals surface area contributed by atoms with Crippen LogP contribution in [0.2, 0.25) is 0 Å². The Balaban J connectivity index is 2.54. The fraction of sp³-hybridized carbons (Fsp3) is 0.833. The zero-order valence-electron chi connectivity index (χ0n) is 10.9. The molecule has 1 saturated carbocycles. The Bertz CT molecular complexity index is 291. The van der Waals surface area contributed by atoms with Crippen molar-refractivity contribution in [3.63, 3.8) is 0 Å². The van der Waals surface area contributed by atoms with Crippen molar-refractivity contribution in [2.24, 2.45) is 5.92 Å². The summed E-state index contributed by atoms with van der Waals surface area (Å²) in [6, 6.07) is -0.580. The third-order valence-corrected chi connectivity index (χ3v) is 2.75. The third-order valence-electron chi connectivity index (χ3n) is 2.75. The van der Waals surface area contributed by atoms with Crippen LogP contribution in [0.15, 0.2) is 0 Å². The van der Waals surface area contributed by atoms with Crippen molar-refractivity contribution in [2.45, 2.75) is 51.7 Å². The summed E-state index contributed by atoms with van der Waals surface area (Å²) in [5.41, 5.74) is -0.565. The molecular formula is C12H21NO4. The Kier molecular flexibility index (Phi) is 4.37. The molecule has 1 atom stereocenters. The predicted octanol–water partition coefficient (Wildman–Crippen LogP) is 1.85. The molecule has 0 aromatic heterocycles. The van der Waals surface area contributed by atoms with Crippen molar-refractivity contribution in [3.05, 3.63) is 0 Å². The molecule has 1 aliphatic carbocycles. The molecule has 0 heterocycles. The van der Waals surface area contributed by atoms with Gasteiger partial charge in [0, 0.05) is 0 Å². The number of hydrogen-bond donors (Lipinski definition) is 1. The minimum atomic E-state index is -0.580. The predicted molar refractivity (Wildman–Crippen MR) is 62.5 cm³/mol. The van der Waals surface area contributed by atoms with Crippen molar-refractivity contribution in [1.29, 1.82) is 0 Å².